The van der Waals surface area contributed by atoms with E-state index in [1.54, 1.807) is 0 Å². The first kappa shape index (κ1) is 15.2. The van der Waals surface area contributed by atoms with Gasteiger partial charge in [0.25, 0.3) is 0 Å². The normalized spacial score (nSPS) is 58.7. The van der Waals surface area contributed by atoms with Crippen molar-refractivity contribution in [2.24, 2.45) is 34.5 Å². The highest BCUT2D eigenvalue weighted by atomic mass is 16.6. The molecular formula is C21H34O2. The number of hydrogen-bond donors (Lipinski definition) is 0. The molecule has 0 amide bonds. The van der Waals surface area contributed by atoms with Crippen LogP contribution in [0.25, 0.3) is 0 Å². The molecule has 0 bridgehead atoms. The molecular weight excluding hydrogens is 284 g/mol. The first-order valence-electron chi connectivity index (χ1n) is 10.4. The fraction of sp³-hybridized carbons (Fsp3) is 1.00. The highest BCUT2D eigenvalue weighted by Crippen LogP contribution is 2.66. The van der Waals surface area contributed by atoms with Crippen LogP contribution in [0, 0.1) is 34.5 Å². The average molecular weight is 319 g/mol. The maximum Gasteiger partial charge on any atom is 0.0874 e. The van der Waals surface area contributed by atoms with Crippen molar-refractivity contribution in [2.45, 2.75) is 83.8 Å². The number of rotatable bonds is 0. The van der Waals surface area contributed by atoms with Crippen LogP contribution in [-0.2, 0) is 9.47 Å². The minimum Gasteiger partial charge on any atom is -0.373 e. The predicted molar refractivity (Wildman–Crippen MR) is 91.2 cm³/mol. The second kappa shape index (κ2) is 5.21. The average Bonchev–Trinajstić information content (AvgIpc) is 2.86. The van der Waals surface area contributed by atoms with Gasteiger partial charge in [0.1, 0.15) is 0 Å². The monoisotopic (exact) mass is 318 g/mol. The minimum absolute atomic E-state index is 0.398. The van der Waals surface area contributed by atoms with Gasteiger partial charge in [0.15, 0.2) is 0 Å². The second-order valence-electron chi connectivity index (χ2n) is 9.96. The molecule has 5 aliphatic rings. The van der Waals surface area contributed by atoms with Gasteiger partial charge in [0.05, 0.1) is 25.4 Å². The van der Waals surface area contributed by atoms with Crippen molar-refractivity contribution in [1.82, 2.24) is 0 Å². The third-order valence-corrected chi connectivity index (χ3v) is 9.07. The van der Waals surface area contributed by atoms with Gasteiger partial charge in [-0.3, -0.25) is 0 Å². The van der Waals surface area contributed by atoms with E-state index in [1.165, 1.54) is 57.8 Å². The molecule has 2 nitrogen and oxygen atoms in total. The van der Waals surface area contributed by atoms with Gasteiger partial charge in [-0.1, -0.05) is 26.7 Å². The fourth-order valence-corrected chi connectivity index (χ4v) is 8.05. The molecule has 0 aromatic rings. The summed E-state index contributed by atoms with van der Waals surface area (Å²) in [6.07, 6.45) is 13.9. The third kappa shape index (κ3) is 2.06. The Kier molecular flexibility index (Phi) is 3.44. The van der Waals surface area contributed by atoms with Crippen molar-refractivity contribution in [3.63, 3.8) is 0 Å². The molecule has 0 aromatic carbocycles. The van der Waals surface area contributed by atoms with Crippen molar-refractivity contribution in [2.75, 3.05) is 13.2 Å². The minimum atomic E-state index is 0.398. The molecule has 23 heavy (non-hydrogen) atoms. The summed E-state index contributed by atoms with van der Waals surface area (Å²) < 4.78 is 12.5. The van der Waals surface area contributed by atoms with E-state index in [1.807, 2.05) is 0 Å². The van der Waals surface area contributed by atoms with Crippen LogP contribution >= 0.6 is 0 Å². The van der Waals surface area contributed by atoms with Gasteiger partial charge in [-0.2, -0.15) is 0 Å². The van der Waals surface area contributed by atoms with Gasteiger partial charge in [-0.25, -0.2) is 0 Å². The molecule has 0 radical (unpaired) electrons. The van der Waals surface area contributed by atoms with Crippen molar-refractivity contribution in [1.29, 1.82) is 0 Å². The Morgan fingerprint density at radius 1 is 0.870 bits per heavy atom. The highest BCUT2D eigenvalue weighted by molar-refractivity contribution is 5.11. The Bertz CT molecular complexity index is 476. The van der Waals surface area contributed by atoms with E-state index >= 15 is 0 Å². The van der Waals surface area contributed by atoms with Gasteiger partial charge in [-0.05, 0) is 79.4 Å². The summed E-state index contributed by atoms with van der Waals surface area (Å²) in [5, 5.41) is 0. The van der Waals surface area contributed by atoms with Crippen LogP contribution in [-0.4, -0.2) is 25.4 Å². The summed E-state index contributed by atoms with van der Waals surface area (Å²) in [5.74, 6) is 3.66. The topological polar surface area (TPSA) is 18.5 Å². The first-order valence-corrected chi connectivity index (χ1v) is 10.4. The molecule has 8 atom stereocenters. The van der Waals surface area contributed by atoms with Gasteiger partial charge in [0, 0.05) is 0 Å². The van der Waals surface area contributed by atoms with Crippen LogP contribution < -0.4 is 0 Å². The van der Waals surface area contributed by atoms with Crippen molar-refractivity contribution < 1.29 is 9.47 Å². The zero-order valence-electron chi connectivity index (χ0n) is 15.1. The molecule has 130 valence electrons. The Balaban J connectivity index is 1.48. The molecule has 0 aromatic heterocycles. The number of fused-ring (bicyclic) bond motifs is 7. The molecule has 5 fully saturated rings. The van der Waals surface area contributed by atoms with E-state index in [2.05, 4.69) is 13.8 Å². The maximum absolute atomic E-state index is 6.33. The SMILES string of the molecule is C[C@]12CC[C@H]3[C@@H](CC[C@H]4CCCC[C@@]43C)[C@@H]1C1OCCOC1C2. The molecule has 0 spiro atoms. The Labute approximate surface area is 141 Å². The van der Waals surface area contributed by atoms with Gasteiger partial charge >= 0.3 is 0 Å². The van der Waals surface area contributed by atoms with Crippen molar-refractivity contribution in [3.8, 4) is 0 Å². The Hall–Kier alpha value is -0.0800. The third-order valence-electron chi connectivity index (χ3n) is 9.07. The van der Waals surface area contributed by atoms with Crippen LogP contribution in [0.4, 0.5) is 0 Å². The molecule has 2 heteroatoms. The van der Waals surface area contributed by atoms with Crippen LogP contribution in [0.5, 0.6) is 0 Å². The van der Waals surface area contributed by atoms with Crippen LogP contribution in [0.3, 0.4) is 0 Å². The number of hydrogen-bond acceptors (Lipinski definition) is 2. The summed E-state index contributed by atoms with van der Waals surface area (Å²) in [4.78, 5) is 0. The molecule has 5 rings (SSSR count). The molecule has 1 heterocycles. The molecule has 4 aliphatic carbocycles. The zero-order chi connectivity index (χ0) is 15.7. The van der Waals surface area contributed by atoms with Gasteiger partial charge < -0.3 is 9.47 Å². The van der Waals surface area contributed by atoms with E-state index in [9.17, 15) is 0 Å². The quantitative estimate of drug-likeness (QED) is 0.638. The molecule has 0 N–H and O–H groups in total. The summed E-state index contributed by atoms with van der Waals surface area (Å²) in [6, 6.07) is 0. The van der Waals surface area contributed by atoms with E-state index in [0.29, 0.717) is 23.0 Å². The summed E-state index contributed by atoms with van der Waals surface area (Å²) in [7, 11) is 0. The predicted octanol–water partition coefficient (Wildman–Crippen LogP) is 4.81. The van der Waals surface area contributed by atoms with E-state index in [4.69, 9.17) is 9.47 Å². The summed E-state index contributed by atoms with van der Waals surface area (Å²) in [6.45, 7) is 6.87. The lowest BCUT2D eigenvalue weighted by atomic mass is 9.45. The van der Waals surface area contributed by atoms with Crippen LogP contribution in [0.2, 0.25) is 0 Å². The standard InChI is InChI=1S/C21H34O2/c1-20-10-8-16-15(7-6-14-5-3-4-9-21(14,16)2)18(20)19-17(13-20)22-11-12-23-19/h14-19H,3-13H2,1-2H3/t14-,15-,16+,17?,18-,19?,20-,21+/m1/s1. The molecule has 4 saturated carbocycles. The Morgan fingerprint density at radius 3 is 2.65 bits per heavy atom. The van der Waals surface area contributed by atoms with E-state index in [-0.39, 0.29) is 0 Å². The highest BCUT2D eigenvalue weighted by Gasteiger charge is 2.62. The van der Waals surface area contributed by atoms with Gasteiger partial charge in [-0.15, -0.1) is 0 Å². The van der Waals surface area contributed by atoms with E-state index in [0.717, 1.165) is 36.9 Å². The zero-order valence-corrected chi connectivity index (χ0v) is 15.1. The number of ether oxygens (including phenoxy) is 2. The lowest BCUT2D eigenvalue weighted by Gasteiger charge is -2.60. The molecule has 2 unspecified atom stereocenters. The summed E-state index contributed by atoms with van der Waals surface area (Å²) >= 11 is 0. The fourth-order valence-electron chi connectivity index (χ4n) is 8.05. The Morgan fingerprint density at radius 2 is 1.74 bits per heavy atom. The lowest BCUT2D eigenvalue weighted by Crippen LogP contribution is -2.54. The largest absolute Gasteiger partial charge is 0.373 e. The second-order valence-corrected chi connectivity index (χ2v) is 9.96. The first-order chi connectivity index (χ1) is 11.1. The van der Waals surface area contributed by atoms with Crippen LogP contribution in [0.1, 0.15) is 71.6 Å². The molecule has 1 saturated heterocycles. The maximum atomic E-state index is 6.33. The lowest BCUT2D eigenvalue weighted by molar-refractivity contribution is -0.170. The van der Waals surface area contributed by atoms with E-state index < -0.39 is 0 Å². The molecule has 1 aliphatic heterocycles. The van der Waals surface area contributed by atoms with Crippen LogP contribution in [0.15, 0.2) is 0 Å². The van der Waals surface area contributed by atoms with Crippen molar-refractivity contribution >= 4 is 0 Å². The summed E-state index contributed by atoms with van der Waals surface area (Å²) in [5.41, 5.74) is 1.12. The van der Waals surface area contributed by atoms with Crippen molar-refractivity contribution in [3.05, 3.63) is 0 Å². The smallest absolute Gasteiger partial charge is 0.0874 e. The van der Waals surface area contributed by atoms with Gasteiger partial charge in [0.2, 0.25) is 0 Å².